The van der Waals surface area contributed by atoms with Crippen LogP contribution >= 0.6 is 0 Å². The summed E-state index contributed by atoms with van der Waals surface area (Å²) >= 11 is -4.28. The molecule has 0 fully saturated rings. The van der Waals surface area contributed by atoms with Crippen molar-refractivity contribution in [1.29, 1.82) is 0 Å². The van der Waals surface area contributed by atoms with Gasteiger partial charge < -0.3 is 9.19 Å². The molecule has 0 bridgehead atoms. The molecular weight excluding hydrogens is 579 g/mol. The average molecular weight is 630 g/mol. The van der Waals surface area contributed by atoms with Crippen molar-refractivity contribution in [2.45, 2.75) is 79.1 Å². The van der Waals surface area contributed by atoms with E-state index in [9.17, 15) is 0 Å². The zero-order valence-corrected chi connectivity index (χ0v) is 27.2. The monoisotopic (exact) mass is 631 g/mol. The van der Waals surface area contributed by atoms with E-state index in [4.69, 9.17) is 0 Å². The summed E-state index contributed by atoms with van der Waals surface area (Å²) in [6.45, 7) is 15.0. The fraction of sp³-hybridized carbons (Fsp3) is 0.471. The summed E-state index contributed by atoms with van der Waals surface area (Å²) in [7, 11) is 0. The predicted molar refractivity (Wildman–Crippen MR) is 164 cm³/mol. The van der Waals surface area contributed by atoms with Crippen LogP contribution in [0.2, 0.25) is 0 Å². The van der Waals surface area contributed by atoms with Crippen molar-refractivity contribution in [3.8, 4) is 0 Å². The molecule has 0 saturated heterocycles. The van der Waals surface area contributed by atoms with Gasteiger partial charge in [-0.05, 0) is 25.7 Å². The van der Waals surface area contributed by atoms with E-state index in [-0.39, 0.29) is 4.70 Å². The minimum atomic E-state index is -4.28. The maximum atomic E-state index is 16.2. The van der Waals surface area contributed by atoms with E-state index in [0.29, 0.717) is 0 Å². The fourth-order valence-corrected chi connectivity index (χ4v) is 13.6. The Bertz CT molecular complexity index is 816. The molecule has 0 spiro atoms. The Morgan fingerprint density at radius 1 is 0.474 bits per heavy atom. The van der Waals surface area contributed by atoms with Crippen molar-refractivity contribution in [2.75, 3.05) is 26.2 Å². The molecule has 3 rings (SSSR count). The molecule has 4 heteroatoms. The molecule has 0 saturated carbocycles. The normalized spacial score (nSPS) is 11.3. The Labute approximate surface area is 237 Å². The molecule has 0 aromatic heterocycles. The molecule has 0 unspecified atom stereocenters. The first kappa shape index (κ1) is 34.3. The number of rotatable bonds is 15. The maximum absolute atomic E-state index is 16.2. The van der Waals surface area contributed by atoms with Gasteiger partial charge in [-0.15, -0.1) is 0 Å². The van der Waals surface area contributed by atoms with E-state index in [2.05, 4.69) is 27.7 Å². The van der Waals surface area contributed by atoms with E-state index >= 15 is 2.87 Å². The number of unbranched alkanes of at least 4 members (excludes halogenated alkanes) is 4. The number of quaternary nitrogens is 1. The Kier molecular flexibility index (Phi) is 17.5. The summed E-state index contributed by atoms with van der Waals surface area (Å²) in [6, 6.07) is 28.9. The molecule has 3 aromatic rings. The van der Waals surface area contributed by atoms with Gasteiger partial charge in [0.05, 0.1) is 26.2 Å². The van der Waals surface area contributed by atoms with Gasteiger partial charge in [0.15, 0.2) is 0 Å². The van der Waals surface area contributed by atoms with Crippen molar-refractivity contribution in [3.63, 3.8) is 0 Å². The second kappa shape index (κ2) is 19.4. The Hall–Kier alpha value is -1.72. The number of nitrogens with zero attached hydrogens (tertiary/aromatic N) is 1. The molecule has 0 aliphatic heterocycles. The second-order valence-electron chi connectivity index (χ2n) is 10.4. The first-order valence-corrected chi connectivity index (χ1v) is 20.1. The van der Waals surface area contributed by atoms with Crippen molar-refractivity contribution in [3.05, 3.63) is 91.0 Å². The summed E-state index contributed by atoms with van der Waals surface area (Å²) in [5, 5.41) is 0. The van der Waals surface area contributed by atoms with Gasteiger partial charge in [-0.25, -0.2) is 0 Å². The van der Waals surface area contributed by atoms with Gasteiger partial charge in [0.25, 0.3) is 0 Å². The third-order valence-electron chi connectivity index (χ3n) is 7.46. The van der Waals surface area contributed by atoms with Crippen molar-refractivity contribution in [2.24, 2.45) is 0 Å². The van der Waals surface area contributed by atoms with Gasteiger partial charge in [0.1, 0.15) is 0 Å². The zero-order valence-electron chi connectivity index (χ0n) is 24.3. The van der Waals surface area contributed by atoms with Crippen LogP contribution in [0, 0.1) is 0 Å². The topological polar surface area (TPSA) is 0 Å². The molecule has 210 valence electrons. The summed E-state index contributed by atoms with van der Waals surface area (Å²) in [4.78, 5) is 0. The molecule has 0 aliphatic carbocycles. The molecule has 0 atom stereocenters. The van der Waals surface area contributed by atoms with E-state index in [1.807, 2.05) is 91.0 Å². The van der Waals surface area contributed by atoms with Crippen molar-refractivity contribution in [1.82, 2.24) is 0 Å². The van der Waals surface area contributed by atoms with Crippen LogP contribution in [0.5, 0.6) is 0 Å². The molecule has 1 nitrogen and oxygen atoms in total. The van der Waals surface area contributed by atoms with E-state index < -0.39 is 18.9 Å². The van der Waals surface area contributed by atoms with Gasteiger partial charge in [-0.1, -0.05) is 53.4 Å². The number of benzene rings is 3. The first-order valence-electron chi connectivity index (χ1n) is 14.8. The first-order chi connectivity index (χ1) is 18.1. The molecular formula is C34H51F2NSn. The van der Waals surface area contributed by atoms with E-state index in [0.717, 1.165) is 10.7 Å². The standard InChI is InChI=1S/C16H36N.3C6H5.2FH.Sn/c1-5-9-13-17(14-10-6-2,15-11-7-3)16-12-8-4;3*1-2-4-6-5-3-1;;;/h5-16H2,1-4H3;3*1-5H;2*1H;/q+1;;;;;;+1/p-2. The number of halogens is 2. The molecule has 0 aliphatic rings. The quantitative estimate of drug-likeness (QED) is 0.170. The molecule has 0 radical (unpaired) electrons. The van der Waals surface area contributed by atoms with Crippen LogP contribution in [0.25, 0.3) is 0 Å². The van der Waals surface area contributed by atoms with Gasteiger partial charge in [-0.2, -0.15) is 0 Å². The molecule has 0 heterocycles. The van der Waals surface area contributed by atoms with Crippen molar-refractivity contribution < 1.29 is 12.1 Å². The van der Waals surface area contributed by atoms with E-state index in [1.54, 1.807) is 0 Å². The molecule has 38 heavy (non-hydrogen) atoms. The van der Waals surface area contributed by atoms with Crippen LogP contribution in [0.4, 0.5) is 2.87 Å². The van der Waals surface area contributed by atoms with Crippen LogP contribution in [0.1, 0.15) is 79.1 Å². The molecule has 0 N–H and O–H groups in total. The predicted octanol–water partition coefficient (Wildman–Crippen LogP) is 4.63. The molecule has 0 amide bonds. The van der Waals surface area contributed by atoms with Crippen molar-refractivity contribution >= 4 is 29.7 Å². The fourth-order valence-electron chi connectivity index (χ4n) is 5.15. The Morgan fingerprint density at radius 3 is 0.921 bits per heavy atom. The van der Waals surface area contributed by atoms with Gasteiger partial charge in [-0.3, -0.25) is 0 Å². The minimum absolute atomic E-state index is 0. The van der Waals surface area contributed by atoms with Crippen LogP contribution in [0.15, 0.2) is 91.0 Å². The summed E-state index contributed by atoms with van der Waals surface area (Å²) in [5.74, 6) is 0. The summed E-state index contributed by atoms with van der Waals surface area (Å²) < 4.78 is 20.2. The van der Waals surface area contributed by atoms with Gasteiger partial charge in [0.2, 0.25) is 0 Å². The number of hydrogen-bond acceptors (Lipinski definition) is 0. The third-order valence-corrected chi connectivity index (χ3v) is 17.1. The van der Waals surface area contributed by atoms with Gasteiger partial charge >= 0.3 is 124 Å². The Morgan fingerprint density at radius 2 is 0.711 bits per heavy atom. The van der Waals surface area contributed by atoms with Crippen LogP contribution < -0.4 is 15.4 Å². The van der Waals surface area contributed by atoms with Crippen LogP contribution in [-0.2, 0) is 0 Å². The van der Waals surface area contributed by atoms with Crippen LogP contribution in [-0.4, -0.2) is 49.6 Å². The molecule has 3 aromatic carbocycles. The zero-order chi connectivity index (χ0) is 26.8. The summed E-state index contributed by atoms with van der Waals surface area (Å²) in [6.07, 6.45) is 11.1. The van der Waals surface area contributed by atoms with E-state index in [1.165, 1.54) is 82.0 Å². The SMILES string of the molecule is CCCC[N+](CCCC)(CCCC)CCCC.[F-].[F][Sn]([c]1ccccc1)([c]1ccccc1)[c]1ccccc1. The van der Waals surface area contributed by atoms with Crippen LogP contribution in [0.3, 0.4) is 0 Å². The number of hydrogen-bond donors (Lipinski definition) is 0. The Balaban J connectivity index is 0.000000377. The average Bonchev–Trinajstić information content (AvgIpc) is 2.97. The van der Waals surface area contributed by atoms with Gasteiger partial charge in [0, 0.05) is 0 Å². The summed E-state index contributed by atoms with van der Waals surface area (Å²) in [5.41, 5.74) is 0. The third kappa shape index (κ3) is 10.4. The second-order valence-corrected chi connectivity index (χ2v) is 19.1.